The molecular formula is C29H27N5O4. The van der Waals surface area contributed by atoms with E-state index in [2.05, 4.69) is 26.8 Å². The molecule has 0 aliphatic carbocycles. The van der Waals surface area contributed by atoms with Crippen molar-refractivity contribution in [2.45, 2.75) is 0 Å². The van der Waals surface area contributed by atoms with Crippen LogP contribution in [0.3, 0.4) is 0 Å². The first-order chi connectivity index (χ1) is 18.4. The van der Waals surface area contributed by atoms with Gasteiger partial charge >= 0.3 is 0 Å². The van der Waals surface area contributed by atoms with Crippen LogP contribution in [0, 0.1) is 10.1 Å². The van der Waals surface area contributed by atoms with Gasteiger partial charge in [0.05, 0.1) is 16.2 Å². The Labute approximate surface area is 219 Å². The molecule has 0 spiro atoms. The number of rotatable bonds is 6. The molecule has 0 unspecified atom stereocenters. The number of nitro groups is 1. The van der Waals surface area contributed by atoms with Crippen LogP contribution < -0.4 is 10.5 Å². The Morgan fingerprint density at radius 1 is 0.921 bits per heavy atom. The van der Waals surface area contributed by atoms with Gasteiger partial charge in [-0.1, -0.05) is 18.2 Å². The number of nitrogens with zero attached hydrogens (tertiary/aromatic N) is 4. The molecule has 38 heavy (non-hydrogen) atoms. The molecule has 0 radical (unpaired) electrons. The number of hydrogen-bond acceptors (Lipinski definition) is 7. The van der Waals surface area contributed by atoms with Crippen LogP contribution in [0.4, 0.5) is 17.1 Å². The Balaban J connectivity index is 1.41. The van der Waals surface area contributed by atoms with Gasteiger partial charge in [0.2, 0.25) is 5.88 Å². The highest BCUT2D eigenvalue weighted by atomic mass is 16.6. The summed E-state index contributed by atoms with van der Waals surface area (Å²) >= 11 is 0. The summed E-state index contributed by atoms with van der Waals surface area (Å²) in [5.74, 6) is -0.253. The first kappa shape index (κ1) is 24.9. The third-order valence-corrected chi connectivity index (χ3v) is 6.70. The minimum Gasteiger partial charge on any atom is -0.494 e. The standard InChI is InChI=1S/C29H27N5O4/c1-32-14-16-33(17-15-32)23-11-7-22(8-12-23)30-19-27-26-18-21(6-13-25(26)28(35)31-29(27)36)3-2-20-4-9-24(10-5-20)34(37)38/h2-13,18-19H,14-17H2,1H3,(H2,31,35,36)/b3-2+,30-19?. The van der Waals surface area contributed by atoms with Crippen molar-refractivity contribution in [3.8, 4) is 5.88 Å². The van der Waals surface area contributed by atoms with E-state index >= 15 is 0 Å². The molecule has 5 rings (SSSR count). The number of aromatic amines is 1. The Bertz CT molecular complexity index is 1580. The summed E-state index contributed by atoms with van der Waals surface area (Å²) in [6.45, 7) is 4.03. The third-order valence-electron chi connectivity index (χ3n) is 6.70. The quantitative estimate of drug-likeness (QED) is 0.167. The van der Waals surface area contributed by atoms with Crippen LogP contribution in [-0.2, 0) is 0 Å². The Kier molecular flexibility index (Phi) is 7.01. The number of aromatic hydroxyl groups is 1. The van der Waals surface area contributed by atoms with Crippen LogP contribution in [0.1, 0.15) is 16.7 Å². The first-order valence-corrected chi connectivity index (χ1v) is 12.3. The van der Waals surface area contributed by atoms with Crippen molar-refractivity contribution in [2.75, 3.05) is 38.1 Å². The summed E-state index contributed by atoms with van der Waals surface area (Å²) in [6.07, 6.45) is 5.23. The average Bonchev–Trinajstić information content (AvgIpc) is 2.92. The molecule has 0 atom stereocenters. The largest absolute Gasteiger partial charge is 0.494 e. The Morgan fingerprint density at radius 2 is 1.58 bits per heavy atom. The van der Waals surface area contributed by atoms with Crippen LogP contribution >= 0.6 is 0 Å². The van der Waals surface area contributed by atoms with Crippen LogP contribution in [0.25, 0.3) is 22.9 Å². The van der Waals surface area contributed by atoms with E-state index in [0.717, 1.165) is 48.7 Å². The van der Waals surface area contributed by atoms with Crippen molar-refractivity contribution < 1.29 is 10.0 Å². The summed E-state index contributed by atoms with van der Waals surface area (Å²) in [5.41, 5.74) is 3.53. The SMILES string of the molecule is CN1CCN(c2ccc(N=Cc3c(O)[nH]c(=O)c4ccc(/C=C/c5ccc([N+](=O)[O-])cc5)cc34)cc2)CC1. The van der Waals surface area contributed by atoms with Crippen molar-refractivity contribution in [2.24, 2.45) is 4.99 Å². The molecule has 1 saturated heterocycles. The summed E-state index contributed by atoms with van der Waals surface area (Å²) in [7, 11) is 2.13. The molecule has 1 aliphatic rings. The number of anilines is 1. The van der Waals surface area contributed by atoms with Crippen molar-refractivity contribution in [1.82, 2.24) is 9.88 Å². The second-order valence-corrected chi connectivity index (χ2v) is 9.27. The van der Waals surface area contributed by atoms with E-state index in [1.807, 2.05) is 42.5 Å². The lowest BCUT2D eigenvalue weighted by molar-refractivity contribution is -0.384. The van der Waals surface area contributed by atoms with E-state index in [1.54, 1.807) is 30.5 Å². The predicted molar refractivity (Wildman–Crippen MR) is 152 cm³/mol. The van der Waals surface area contributed by atoms with E-state index in [4.69, 9.17) is 0 Å². The molecule has 2 heterocycles. The molecule has 1 aromatic heterocycles. The van der Waals surface area contributed by atoms with E-state index in [0.29, 0.717) is 16.3 Å². The predicted octanol–water partition coefficient (Wildman–Crippen LogP) is 4.81. The van der Waals surface area contributed by atoms with Crippen LogP contribution in [0.15, 0.2) is 76.5 Å². The van der Waals surface area contributed by atoms with Crippen molar-refractivity contribution in [3.05, 3.63) is 104 Å². The maximum Gasteiger partial charge on any atom is 0.269 e. The molecule has 0 saturated carbocycles. The molecule has 4 aromatic rings. The molecule has 1 fully saturated rings. The fraction of sp³-hybridized carbons (Fsp3) is 0.172. The summed E-state index contributed by atoms with van der Waals surface area (Å²) in [5, 5.41) is 22.4. The highest BCUT2D eigenvalue weighted by molar-refractivity contribution is 6.02. The number of non-ortho nitro benzene ring substituents is 1. The lowest BCUT2D eigenvalue weighted by Crippen LogP contribution is -2.44. The number of hydrogen-bond donors (Lipinski definition) is 2. The fourth-order valence-electron chi connectivity index (χ4n) is 4.44. The maximum absolute atomic E-state index is 12.5. The number of nitro benzene ring substituents is 1. The fourth-order valence-corrected chi connectivity index (χ4v) is 4.44. The van der Waals surface area contributed by atoms with Gasteiger partial charge in [0.25, 0.3) is 11.2 Å². The van der Waals surface area contributed by atoms with Gasteiger partial charge in [-0.3, -0.25) is 24.9 Å². The van der Waals surface area contributed by atoms with Gasteiger partial charge in [0, 0.05) is 61.0 Å². The van der Waals surface area contributed by atoms with Crippen LogP contribution in [0.2, 0.25) is 0 Å². The summed E-state index contributed by atoms with van der Waals surface area (Å²) in [6, 6.07) is 19.5. The molecule has 9 nitrogen and oxygen atoms in total. The molecule has 0 amide bonds. The number of likely N-dealkylation sites (N-methyl/N-ethyl adjacent to an activating group) is 1. The topological polar surface area (TPSA) is 115 Å². The lowest BCUT2D eigenvalue weighted by Gasteiger charge is -2.34. The number of piperazine rings is 1. The average molecular weight is 510 g/mol. The molecule has 9 heteroatoms. The smallest absolute Gasteiger partial charge is 0.269 e. The summed E-state index contributed by atoms with van der Waals surface area (Å²) < 4.78 is 0. The molecule has 192 valence electrons. The van der Waals surface area contributed by atoms with E-state index in [9.17, 15) is 20.0 Å². The van der Waals surface area contributed by atoms with Gasteiger partial charge in [0.15, 0.2) is 0 Å². The second kappa shape index (κ2) is 10.7. The highest BCUT2D eigenvalue weighted by Crippen LogP contribution is 2.25. The summed E-state index contributed by atoms with van der Waals surface area (Å²) in [4.78, 5) is 34.6. The van der Waals surface area contributed by atoms with Gasteiger partial charge < -0.3 is 14.9 Å². The third kappa shape index (κ3) is 5.47. The van der Waals surface area contributed by atoms with E-state index in [1.165, 1.54) is 12.1 Å². The second-order valence-electron chi connectivity index (χ2n) is 9.27. The van der Waals surface area contributed by atoms with Gasteiger partial charge in [-0.2, -0.15) is 0 Å². The van der Waals surface area contributed by atoms with Crippen molar-refractivity contribution in [3.63, 3.8) is 0 Å². The minimum absolute atomic E-state index is 0.0282. The van der Waals surface area contributed by atoms with Crippen molar-refractivity contribution in [1.29, 1.82) is 0 Å². The number of aliphatic imine (C=N–C) groups is 1. The van der Waals surface area contributed by atoms with Gasteiger partial charge in [0.1, 0.15) is 0 Å². The number of aromatic nitrogens is 1. The zero-order chi connectivity index (χ0) is 26.6. The zero-order valence-corrected chi connectivity index (χ0v) is 20.9. The number of pyridine rings is 1. The number of fused-ring (bicyclic) bond motifs is 1. The molecular weight excluding hydrogens is 482 g/mol. The minimum atomic E-state index is -0.439. The number of H-pyrrole nitrogens is 1. The Hall–Kier alpha value is -4.76. The maximum atomic E-state index is 12.5. The molecule has 3 aromatic carbocycles. The van der Waals surface area contributed by atoms with Crippen molar-refractivity contribution >= 4 is 46.2 Å². The Morgan fingerprint density at radius 3 is 2.26 bits per heavy atom. The van der Waals surface area contributed by atoms with Gasteiger partial charge in [-0.15, -0.1) is 0 Å². The molecule has 2 N–H and O–H groups in total. The molecule has 0 bridgehead atoms. The monoisotopic (exact) mass is 509 g/mol. The number of benzene rings is 3. The molecule has 1 aliphatic heterocycles. The first-order valence-electron chi connectivity index (χ1n) is 12.3. The number of nitrogens with one attached hydrogen (secondary N) is 1. The zero-order valence-electron chi connectivity index (χ0n) is 20.9. The van der Waals surface area contributed by atoms with E-state index in [-0.39, 0.29) is 11.6 Å². The van der Waals surface area contributed by atoms with E-state index < -0.39 is 10.5 Å². The van der Waals surface area contributed by atoms with Gasteiger partial charge in [-0.25, -0.2) is 0 Å². The highest BCUT2D eigenvalue weighted by Gasteiger charge is 2.14. The van der Waals surface area contributed by atoms with Crippen LogP contribution in [-0.4, -0.2) is 59.4 Å². The normalized spacial score (nSPS) is 14.6. The van der Waals surface area contributed by atoms with Crippen LogP contribution in [0.5, 0.6) is 5.88 Å². The lowest BCUT2D eigenvalue weighted by atomic mass is 10.0. The van der Waals surface area contributed by atoms with Gasteiger partial charge in [-0.05, 0) is 66.7 Å².